The van der Waals surface area contributed by atoms with E-state index in [0.29, 0.717) is 6.04 Å². The molecule has 2 nitrogen and oxygen atoms in total. The van der Waals surface area contributed by atoms with Crippen LogP contribution >= 0.6 is 15.9 Å². The van der Waals surface area contributed by atoms with Crippen molar-refractivity contribution in [1.82, 2.24) is 10.3 Å². The number of halogens is 1. The Labute approximate surface area is 98.2 Å². The maximum absolute atomic E-state index is 3.50. The maximum atomic E-state index is 3.50. The van der Waals surface area contributed by atoms with E-state index in [1.54, 1.807) is 0 Å². The molecular weight excluding hydrogens is 252 g/mol. The van der Waals surface area contributed by atoms with Gasteiger partial charge in [-0.15, -0.1) is 0 Å². The van der Waals surface area contributed by atoms with Crippen LogP contribution < -0.4 is 5.32 Å². The fourth-order valence-electron chi connectivity index (χ4n) is 1.90. The lowest BCUT2D eigenvalue weighted by molar-refractivity contribution is 0.634. The number of nitrogens with one attached hydrogen (secondary N) is 2. The number of rotatable bonds is 2. The van der Waals surface area contributed by atoms with Crippen molar-refractivity contribution in [3.05, 3.63) is 33.9 Å². The van der Waals surface area contributed by atoms with E-state index < -0.39 is 0 Å². The molecule has 2 aromatic rings. The summed E-state index contributed by atoms with van der Waals surface area (Å²) in [6.45, 7) is 4.32. The predicted molar refractivity (Wildman–Crippen MR) is 68.2 cm³/mol. The fourth-order valence-corrected chi connectivity index (χ4v) is 2.26. The third-order valence-electron chi connectivity index (χ3n) is 2.92. The molecule has 0 aliphatic rings. The van der Waals surface area contributed by atoms with Gasteiger partial charge in [0.1, 0.15) is 0 Å². The van der Waals surface area contributed by atoms with Crippen molar-refractivity contribution in [2.75, 3.05) is 7.05 Å². The van der Waals surface area contributed by atoms with Gasteiger partial charge in [-0.05, 0) is 44.7 Å². The molecule has 1 unspecified atom stereocenters. The van der Waals surface area contributed by atoms with Crippen molar-refractivity contribution in [3.63, 3.8) is 0 Å². The number of aryl methyl sites for hydroxylation is 1. The topological polar surface area (TPSA) is 27.8 Å². The van der Waals surface area contributed by atoms with Crippen LogP contribution in [0.5, 0.6) is 0 Å². The van der Waals surface area contributed by atoms with Crippen LogP contribution in [0.15, 0.2) is 22.7 Å². The van der Waals surface area contributed by atoms with Crippen molar-refractivity contribution < 1.29 is 0 Å². The summed E-state index contributed by atoms with van der Waals surface area (Å²) in [6.07, 6.45) is 0. The minimum absolute atomic E-state index is 0.358. The zero-order chi connectivity index (χ0) is 11.0. The Morgan fingerprint density at radius 2 is 2.13 bits per heavy atom. The predicted octanol–water partition coefficient (Wildman–Crippen LogP) is 3.52. The molecule has 2 rings (SSSR count). The highest BCUT2D eigenvalue weighted by atomic mass is 79.9. The fraction of sp³-hybridized carbons (Fsp3) is 0.333. The average Bonchev–Trinajstić information content (AvgIpc) is 2.55. The second-order valence-corrected chi connectivity index (χ2v) is 4.78. The van der Waals surface area contributed by atoms with Crippen molar-refractivity contribution in [1.29, 1.82) is 0 Å². The van der Waals surface area contributed by atoms with Crippen LogP contribution in [0.25, 0.3) is 10.9 Å². The molecule has 1 atom stereocenters. The lowest BCUT2D eigenvalue weighted by Gasteiger charge is -2.08. The first-order valence-corrected chi connectivity index (χ1v) is 5.87. The van der Waals surface area contributed by atoms with E-state index in [4.69, 9.17) is 0 Å². The van der Waals surface area contributed by atoms with Crippen molar-refractivity contribution in [3.8, 4) is 0 Å². The van der Waals surface area contributed by atoms with Crippen LogP contribution in [0, 0.1) is 6.92 Å². The summed E-state index contributed by atoms with van der Waals surface area (Å²) in [6, 6.07) is 6.69. The Balaban J connectivity index is 2.64. The van der Waals surface area contributed by atoms with E-state index in [9.17, 15) is 0 Å². The van der Waals surface area contributed by atoms with Crippen LogP contribution in [-0.4, -0.2) is 12.0 Å². The molecule has 0 amide bonds. The number of aromatic amines is 1. The number of hydrogen-bond donors (Lipinski definition) is 2. The molecule has 0 bridgehead atoms. The molecule has 1 aromatic heterocycles. The molecule has 80 valence electrons. The van der Waals surface area contributed by atoms with Gasteiger partial charge in [-0.1, -0.05) is 15.9 Å². The van der Waals surface area contributed by atoms with Gasteiger partial charge in [0, 0.05) is 27.1 Å². The molecule has 2 N–H and O–H groups in total. The van der Waals surface area contributed by atoms with Crippen molar-refractivity contribution in [2.45, 2.75) is 19.9 Å². The van der Waals surface area contributed by atoms with Crippen LogP contribution in [0.2, 0.25) is 0 Å². The Morgan fingerprint density at radius 3 is 2.80 bits per heavy atom. The van der Waals surface area contributed by atoms with E-state index in [0.717, 1.165) is 4.47 Å². The van der Waals surface area contributed by atoms with Crippen LogP contribution in [-0.2, 0) is 0 Å². The lowest BCUT2D eigenvalue weighted by Crippen LogP contribution is -2.13. The smallest absolute Gasteiger partial charge is 0.0460 e. The SMILES string of the molecule is CNC(C)c1[nH]c2ccc(Br)cc2c1C. The molecule has 0 spiro atoms. The molecule has 15 heavy (non-hydrogen) atoms. The number of fused-ring (bicyclic) bond motifs is 1. The number of aromatic nitrogens is 1. The second-order valence-electron chi connectivity index (χ2n) is 3.86. The molecule has 1 heterocycles. The molecule has 0 saturated heterocycles. The highest BCUT2D eigenvalue weighted by Gasteiger charge is 2.12. The van der Waals surface area contributed by atoms with E-state index in [1.807, 2.05) is 7.05 Å². The first kappa shape index (κ1) is 10.7. The van der Waals surface area contributed by atoms with Crippen LogP contribution in [0.4, 0.5) is 0 Å². The number of H-pyrrole nitrogens is 1. The minimum Gasteiger partial charge on any atom is -0.357 e. The van der Waals surface area contributed by atoms with Gasteiger partial charge in [0.15, 0.2) is 0 Å². The quantitative estimate of drug-likeness (QED) is 0.856. The summed E-state index contributed by atoms with van der Waals surface area (Å²) in [4.78, 5) is 3.46. The molecule has 0 aliphatic heterocycles. The molecule has 0 aliphatic carbocycles. The molecule has 0 saturated carbocycles. The van der Waals surface area contributed by atoms with Gasteiger partial charge in [-0.25, -0.2) is 0 Å². The van der Waals surface area contributed by atoms with Gasteiger partial charge in [0.05, 0.1) is 0 Å². The Bertz CT molecular complexity index is 488. The summed E-state index contributed by atoms with van der Waals surface area (Å²) in [5, 5.41) is 4.55. The summed E-state index contributed by atoms with van der Waals surface area (Å²) < 4.78 is 1.13. The first-order chi connectivity index (χ1) is 7.13. The maximum Gasteiger partial charge on any atom is 0.0460 e. The first-order valence-electron chi connectivity index (χ1n) is 5.08. The summed E-state index contributed by atoms with van der Waals surface area (Å²) >= 11 is 3.50. The zero-order valence-corrected chi connectivity index (χ0v) is 10.8. The largest absolute Gasteiger partial charge is 0.357 e. The Kier molecular flexibility index (Phi) is 2.85. The van der Waals surface area contributed by atoms with Gasteiger partial charge in [-0.3, -0.25) is 0 Å². The summed E-state index contributed by atoms with van der Waals surface area (Å²) in [5.41, 5.74) is 3.80. The van der Waals surface area contributed by atoms with Gasteiger partial charge >= 0.3 is 0 Å². The average molecular weight is 267 g/mol. The summed E-state index contributed by atoms with van der Waals surface area (Å²) in [7, 11) is 1.98. The van der Waals surface area contributed by atoms with Crippen molar-refractivity contribution in [2.24, 2.45) is 0 Å². The molecule has 0 radical (unpaired) electrons. The van der Waals surface area contributed by atoms with Crippen LogP contribution in [0.1, 0.15) is 24.2 Å². The van der Waals surface area contributed by atoms with Crippen LogP contribution in [0.3, 0.4) is 0 Å². The van der Waals surface area contributed by atoms with Gasteiger partial charge in [0.2, 0.25) is 0 Å². The van der Waals surface area contributed by atoms with E-state index in [-0.39, 0.29) is 0 Å². The van der Waals surface area contributed by atoms with E-state index in [2.05, 4.69) is 58.3 Å². The van der Waals surface area contributed by atoms with E-state index in [1.165, 1.54) is 22.2 Å². The summed E-state index contributed by atoms with van der Waals surface area (Å²) in [5.74, 6) is 0. The zero-order valence-electron chi connectivity index (χ0n) is 9.19. The standard InChI is InChI=1S/C12H15BrN2/c1-7-10-6-9(13)4-5-11(10)15-12(7)8(2)14-3/h4-6,8,14-15H,1-3H3. The number of hydrogen-bond acceptors (Lipinski definition) is 1. The Morgan fingerprint density at radius 1 is 1.40 bits per heavy atom. The molecular formula is C12H15BrN2. The highest BCUT2D eigenvalue weighted by molar-refractivity contribution is 9.10. The van der Waals surface area contributed by atoms with Gasteiger partial charge in [-0.2, -0.15) is 0 Å². The minimum atomic E-state index is 0.358. The normalized spacial score (nSPS) is 13.3. The molecule has 1 aromatic carbocycles. The molecule has 3 heteroatoms. The van der Waals surface area contributed by atoms with Gasteiger partial charge < -0.3 is 10.3 Å². The van der Waals surface area contributed by atoms with Crippen molar-refractivity contribution >= 4 is 26.8 Å². The lowest BCUT2D eigenvalue weighted by atomic mass is 10.1. The highest BCUT2D eigenvalue weighted by Crippen LogP contribution is 2.27. The monoisotopic (exact) mass is 266 g/mol. The second kappa shape index (κ2) is 3.99. The molecule has 0 fully saturated rings. The van der Waals surface area contributed by atoms with Gasteiger partial charge in [0.25, 0.3) is 0 Å². The number of benzene rings is 1. The van der Waals surface area contributed by atoms with E-state index >= 15 is 0 Å². The third-order valence-corrected chi connectivity index (χ3v) is 3.42. The Hall–Kier alpha value is -0.800. The third kappa shape index (κ3) is 1.82.